The van der Waals surface area contributed by atoms with Crippen molar-refractivity contribution in [3.8, 4) is 0 Å². The molecule has 0 aliphatic rings. The van der Waals surface area contributed by atoms with Gasteiger partial charge in [-0.05, 0) is 38.8 Å². The number of halogens is 2. The van der Waals surface area contributed by atoms with Crippen LogP contribution in [-0.2, 0) is 5.11 Å². The van der Waals surface area contributed by atoms with Gasteiger partial charge in [0.2, 0.25) is 3.42 Å². The summed E-state index contributed by atoms with van der Waals surface area (Å²) in [6, 6.07) is 0. The van der Waals surface area contributed by atoms with Crippen LogP contribution in [0.4, 0.5) is 0 Å². The summed E-state index contributed by atoms with van der Waals surface area (Å²) in [5.41, 5.74) is 0. The Morgan fingerprint density at radius 1 is 1.60 bits per heavy atom. The van der Waals surface area contributed by atoms with Crippen LogP contribution in [0.25, 0.3) is 0 Å². The van der Waals surface area contributed by atoms with Crippen molar-refractivity contribution < 1.29 is 5.11 Å². The lowest BCUT2D eigenvalue weighted by molar-refractivity contribution is 0.164. The van der Waals surface area contributed by atoms with E-state index in [0.29, 0.717) is 0 Å². The number of hydrogen-bond acceptors (Lipinski definition) is 0. The highest BCUT2D eigenvalue weighted by atomic mass is 79.9. The molecule has 1 nitrogen and oxygen atoms in total. The second kappa shape index (κ2) is 1.58. The molecule has 0 bridgehead atoms. The standard InChI is InChI=1S/C2H3Br2O/c1-2(3,4)5/h1H3. The Morgan fingerprint density at radius 2 is 1.60 bits per heavy atom. The van der Waals surface area contributed by atoms with Crippen LogP contribution in [0, 0.1) is 0 Å². The molecule has 0 fully saturated rings. The van der Waals surface area contributed by atoms with Gasteiger partial charge >= 0.3 is 0 Å². The van der Waals surface area contributed by atoms with Gasteiger partial charge in [0.1, 0.15) is 0 Å². The minimum atomic E-state index is -1.12. The molecule has 0 saturated carbocycles. The van der Waals surface area contributed by atoms with Crippen molar-refractivity contribution in [2.45, 2.75) is 10.3 Å². The summed E-state index contributed by atoms with van der Waals surface area (Å²) in [7, 11) is 0. The summed E-state index contributed by atoms with van der Waals surface area (Å²) in [5.74, 6) is 0. The average molecular weight is 203 g/mol. The van der Waals surface area contributed by atoms with Crippen LogP contribution >= 0.6 is 31.9 Å². The maximum Gasteiger partial charge on any atom is 0.209 e. The zero-order valence-corrected chi connectivity index (χ0v) is 5.84. The second-order valence-corrected chi connectivity index (χ2v) is 4.90. The summed E-state index contributed by atoms with van der Waals surface area (Å²) in [5, 5.41) is 9.94. The van der Waals surface area contributed by atoms with Crippen molar-refractivity contribution in [2.24, 2.45) is 0 Å². The normalized spacial score (nSPS) is 12.0. The van der Waals surface area contributed by atoms with Crippen LogP contribution in [-0.4, -0.2) is 3.42 Å². The number of alkyl halides is 2. The highest BCUT2D eigenvalue weighted by Gasteiger charge is 2.08. The molecule has 0 unspecified atom stereocenters. The Hall–Kier alpha value is 0.920. The lowest BCUT2D eigenvalue weighted by Gasteiger charge is -1.94. The molecule has 0 aromatic rings. The van der Waals surface area contributed by atoms with Crippen LogP contribution in [0.15, 0.2) is 0 Å². The summed E-state index contributed by atoms with van der Waals surface area (Å²) in [6.07, 6.45) is 0. The van der Waals surface area contributed by atoms with E-state index in [2.05, 4.69) is 31.9 Å². The molecular weight excluding hydrogens is 200 g/mol. The maximum atomic E-state index is 9.94. The predicted molar refractivity (Wildman–Crippen MR) is 26.9 cm³/mol. The number of rotatable bonds is 0. The Kier molecular flexibility index (Phi) is 1.87. The van der Waals surface area contributed by atoms with Gasteiger partial charge in [0.15, 0.2) is 0 Å². The molecule has 0 rings (SSSR count). The molecule has 31 valence electrons. The number of hydrogen-bond donors (Lipinski definition) is 0. The summed E-state index contributed by atoms with van der Waals surface area (Å²) < 4.78 is -1.12. The van der Waals surface area contributed by atoms with Gasteiger partial charge in [-0.15, -0.1) is 0 Å². The van der Waals surface area contributed by atoms with Crippen molar-refractivity contribution in [1.29, 1.82) is 0 Å². The van der Waals surface area contributed by atoms with E-state index in [4.69, 9.17) is 0 Å². The molecule has 0 atom stereocenters. The molecule has 0 saturated heterocycles. The monoisotopic (exact) mass is 201 g/mol. The largest absolute Gasteiger partial charge is 0.209 e. The Balaban J connectivity index is 3.02. The molecule has 0 amide bonds. The fourth-order valence-corrected chi connectivity index (χ4v) is 0. The Morgan fingerprint density at radius 3 is 1.60 bits per heavy atom. The molecule has 0 aromatic heterocycles. The van der Waals surface area contributed by atoms with Crippen LogP contribution in [0.2, 0.25) is 0 Å². The zero-order valence-electron chi connectivity index (χ0n) is 2.66. The minimum Gasteiger partial charge on any atom is -0.205 e. The summed E-state index contributed by atoms with van der Waals surface area (Å²) >= 11 is 5.47. The zero-order chi connectivity index (χ0) is 4.50. The SMILES string of the molecule is CC([O])(Br)Br. The van der Waals surface area contributed by atoms with E-state index in [1.807, 2.05) is 0 Å². The van der Waals surface area contributed by atoms with Gasteiger partial charge in [-0.2, -0.15) is 0 Å². The minimum absolute atomic E-state index is 1.12. The first kappa shape index (κ1) is 5.92. The van der Waals surface area contributed by atoms with Gasteiger partial charge in [-0.3, -0.25) is 0 Å². The molecule has 0 heterocycles. The third-order valence-corrected chi connectivity index (χ3v) is 0. The maximum absolute atomic E-state index is 9.94. The topological polar surface area (TPSA) is 19.9 Å². The van der Waals surface area contributed by atoms with E-state index in [0.717, 1.165) is 0 Å². The Labute approximate surface area is 47.6 Å². The first-order valence-corrected chi connectivity index (χ1v) is 2.67. The van der Waals surface area contributed by atoms with Gasteiger partial charge in [-0.1, -0.05) is 0 Å². The van der Waals surface area contributed by atoms with E-state index >= 15 is 0 Å². The first-order chi connectivity index (χ1) is 2.00. The van der Waals surface area contributed by atoms with E-state index in [9.17, 15) is 5.11 Å². The van der Waals surface area contributed by atoms with E-state index in [-0.39, 0.29) is 0 Å². The van der Waals surface area contributed by atoms with Crippen molar-refractivity contribution in [3.63, 3.8) is 0 Å². The van der Waals surface area contributed by atoms with Crippen molar-refractivity contribution in [2.75, 3.05) is 0 Å². The molecule has 0 aliphatic heterocycles. The smallest absolute Gasteiger partial charge is 0.205 e. The van der Waals surface area contributed by atoms with Crippen LogP contribution in [0.3, 0.4) is 0 Å². The Bertz CT molecular complexity index is 23.1. The quantitative estimate of drug-likeness (QED) is 0.535. The van der Waals surface area contributed by atoms with Gasteiger partial charge in [-0.25, -0.2) is 5.11 Å². The van der Waals surface area contributed by atoms with Crippen molar-refractivity contribution >= 4 is 31.9 Å². The molecule has 0 aliphatic carbocycles. The van der Waals surface area contributed by atoms with Crippen LogP contribution in [0.5, 0.6) is 0 Å². The fourth-order valence-electron chi connectivity index (χ4n) is 0. The van der Waals surface area contributed by atoms with Crippen molar-refractivity contribution in [1.82, 2.24) is 0 Å². The second-order valence-electron chi connectivity index (χ2n) is 0.808. The molecular formula is C2H3Br2O. The molecule has 0 N–H and O–H groups in total. The van der Waals surface area contributed by atoms with E-state index in [1.165, 1.54) is 6.92 Å². The average Bonchev–Trinajstić information content (AvgIpc) is 0.722. The molecule has 0 spiro atoms. The van der Waals surface area contributed by atoms with Crippen LogP contribution < -0.4 is 0 Å². The summed E-state index contributed by atoms with van der Waals surface area (Å²) in [4.78, 5) is 0. The molecule has 0 aromatic carbocycles. The van der Waals surface area contributed by atoms with Gasteiger partial charge in [0, 0.05) is 0 Å². The van der Waals surface area contributed by atoms with E-state index < -0.39 is 3.42 Å². The summed E-state index contributed by atoms with van der Waals surface area (Å²) in [6.45, 7) is 1.47. The lowest BCUT2D eigenvalue weighted by atomic mass is 10.9. The molecule has 3 heteroatoms. The van der Waals surface area contributed by atoms with Gasteiger partial charge in [0.25, 0.3) is 0 Å². The van der Waals surface area contributed by atoms with Gasteiger partial charge in [0.05, 0.1) is 0 Å². The molecule has 1 radical (unpaired) electrons. The molecule has 5 heavy (non-hydrogen) atoms. The highest BCUT2D eigenvalue weighted by molar-refractivity contribution is 9.25. The fraction of sp³-hybridized carbons (Fsp3) is 1.00. The third-order valence-electron chi connectivity index (χ3n) is 0. The van der Waals surface area contributed by atoms with Gasteiger partial charge < -0.3 is 0 Å². The first-order valence-electron chi connectivity index (χ1n) is 1.08. The lowest BCUT2D eigenvalue weighted by Crippen LogP contribution is -1.95. The predicted octanol–water partition coefficient (Wildman–Crippen LogP) is 1.88. The third kappa shape index (κ3) is 49.6. The van der Waals surface area contributed by atoms with Crippen LogP contribution in [0.1, 0.15) is 6.92 Å². The van der Waals surface area contributed by atoms with E-state index in [1.54, 1.807) is 0 Å². The highest BCUT2D eigenvalue weighted by Crippen LogP contribution is 2.20. The van der Waals surface area contributed by atoms with Crippen molar-refractivity contribution in [3.05, 3.63) is 0 Å².